The maximum Gasteiger partial charge on any atom is 0.408 e. The normalized spacial score (nSPS) is 16.9. The number of imidazole rings is 1. The van der Waals surface area contributed by atoms with E-state index in [-0.39, 0.29) is 25.2 Å². The molecule has 4 aromatic rings. The van der Waals surface area contributed by atoms with Crippen LogP contribution in [0.1, 0.15) is 27.8 Å². The molecule has 1 aliphatic heterocycles. The molecule has 5 rings (SSSR count). The number of ether oxygens (including phenoxy) is 1. The summed E-state index contributed by atoms with van der Waals surface area (Å²) < 4.78 is 5.41. The van der Waals surface area contributed by atoms with E-state index < -0.39 is 53.2 Å². The lowest BCUT2D eigenvalue weighted by Crippen LogP contribution is -2.57. The summed E-state index contributed by atoms with van der Waals surface area (Å²) in [7, 11) is 0. The molecular weight excluding hydrogens is 622 g/mol. The maximum absolute atomic E-state index is 14.5. The predicted molar refractivity (Wildman–Crippen MR) is 173 cm³/mol. The minimum Gasteiger partial charge on any atom is -0.475 e. The molecule has 1 unspecified atom stereocenters. The smallest absolute Gasteiger partial charge is 0.408 e. The predicted octanol–water partition coefficient (Wildman–Crippen LogP) is 3.27. The topological polar surface area (TPSA) is 171 Å². The van der Waals surface area contributed by atoms with Crippen molar-refractivity contribution in [3.63, 3.8) is 0 Å². The van der Waals surface area contributed by atoms with Crippen LogP contribution in [0.2, 0.25) is 0 Å². The third-order valence-electron chi connectivity index (χ3n) is 7.55. The third kappa shape index (κ3) is 8.64. The van der Waals surface area contributed by atoms with Crippen LogP contribution < -0.4 is 10.6 Å². The Morgan fingerprint density at radius 1 is 0.872 bits per heavy atom. The van der Waals surface area contributed by atoms with Crippen molar-refractivity contribution < 1.29 is 33.8 Å². The molecule has 0 saturated carbocycles. The van der Waals surface area contributed by atoms with Crippen LogP contribution in [0.25, 0.3) is 0 Å². The first-order chi connectivity index (χ1) is 22.8. The number of ketones is 1. The third-order valence-corrected chi connectivity index (χ3v) is 8.87. The van der Waals surface area contributed by atoms with Crippen molar-refractivity contribution >= 4 is 41.4 Å². The van der Waals surface area contributed by atoms with Crippen molar-refractivity contribution in [1.29, 1.82) is 0 Å². The molecule has 1 aromatic heterocycles. The van der Waals surface area contributed by atoms with Gasteiger partial charge >= 0.3 is 12.1 Å². The fraction of sp³-hybridized carbons (Fsp3) is 0.235. The lowest BCUT2D eigenvalue weighted by Gasteiger charge is -2.33. The summed E-state index contributed by atoms with van der Waals surface area (Å²) in [6, 6.07) is 23.3. The second-order valence-electron chi connectivity index (χ2n) is 10.8. The number of hydrogen-bond donors (Lipinski definition) is 4. The fourth-order valence-electron chi connectivity index (χ4n) is 5.23. The summed E-state index contributed by atoms with van der Waals surface area (Å²) in [5.74, 6) is -3.96. The Hall–Kier alpha value is -5.43. The highest BCUT2D eigenvalue weighted by atomic mass is 32.2. The lowest BCUT2D eigenvalue weighted by atomic mass is 10.0. The Morgan fingerprint density at radius 2 is 1.51 bits per heavy atom. The fourth-order valence-corrected chi connectivity index (χ4v) is 6.67. The summed E-state index contributed by atoms with van der Waals surface area (Å²) in [6.07, 6.45) is 2.12. The van der Waals surface area contributed by atoms with Gasteiger partial charge in [-0.3, -0.25) is 14.4 Å². The van der Waals surface area contributed by atoms with Gasteiger partial charge in [-0.2, -0.15) is 0 Å². The van der Waals surface area contributed by atoms with Crippen molar-refractivity contribution in [3.05, 3.63) is 126 Å². The number of thioether (sulfide) groups is 1. The molecule has 4 atom stereocenters. The Balaban J connectivity index is 1.41. The number of alkyl carbamates (subject to hydrolysis) is 1. The number of Topliss-reactive ketones (excluding diaryl/α,β-unsaturated/α-hetero) is 1. The molecule has 4 N–H and O–H groups in total. The number of carbonyl (C=O) groups is 5. The highest BCUT2D eigenvalue weighted by Gasteiger charge is 2.45. The maximum atomic E-state index is 14.5. The molecule has 47 heavy (non-hydrogen) atoms. The van der Waals surface area contributed by atoms with E-state index in [2.05, 4.69) is 20.6 Å². The number of carboxylic acids is 1. The highest BCUT2D eigenvalue weighted by Crippen LogP contribution is 2.42. The highest BCUT2D eigenvalue weighted by molar-refractivity contribution is 7.99. The largest absolute Gasteiger partial charge is 0.475 e. The van der Waals surface area contributed by atoms with Gasteiger partial charge in [-0.05, 0) is 16.7 Å². The Labute approximate surface area is 274 Å². The molecule has 2 heterocycles. The molecular formula is C34H33N5O7S. The number of benzene rings is 3. The average Bonchev–Trinajstić information content (AvgIpc) is 3.78. The molecule has 0 spiro atoms. The van der Waals surface area contributed by atoms with E-state index in [0.29, 0.717) is 11.3 Å². The number of carbonyl (C=O) groups excluding carboxylic acids is 4. The molecule has 0 radical (unpaired) electrons. The summed E-state index contributed by atoms with van der Waals surface area (Å²) in [6.45, 7) is -0.0186. The first kappa shape index (κ1) is 32.9. The number of amides is 3. The SMILES string of the molecule is O=C(N[C@@H](Cc1cnc[nH]1)C(=O)N1C(c2ccccc2)SC[C@H]1C(=O)N[C@@H](Cc1ccccc1)C(=O)C(=O)O)OCc1ccccc1. The van der Waals surface area contributed by atoms with Gasteiger partial charge in [0.15, 0.2) is 0 Å². The van der Waals surface area contributed by atoms with E-state index in [1.54, 1.807) is 42.5 Å². The van der Waals surface area contributed by atoms with Crippen LogP contribution in [0.15, 0.2) is 104 Å². The first-order valence-electron chi connectivity index (χ1n) is 14.8. The Bertz CT molecular complexity index is 1670. The van der Waals surface area contributed by atoms with Crippen molar-refractivity contribution in [1.82, 2.24) is 25.5 Å². The number of H-pyrrole nitrogens is 1. The van der Waals surface area contributed by atoms with Gasteiger partial charge in [-0.25, -0.2) is 14.6 Å². The van der Waals surface area contributed by atoms with Gasteiger partial charge in [-0.1, -0.05) is 91.0 Å². The van der Waals surface area contributed by atoms with Crippen LogP contribution in [0, 0.1) is 0 Å². The molecule has 1 fully saturated rings. The summed E-state index contributed by atoms with van der Waals surface area (Å²) in [5, 5.41) is 14.2. The zero-order valence-corrected chi connectivity index (χ0v) is 26.0. The van der Waals surface area contributed by atoms with Crippen LogP contribution in [0.3, 0.4) is 0 Å². The Kier molecular flexibility index (Phi) is 11.0. The van der Waals surface area contributed by atoms with Crippen molar-refractivity contribution in [2.75, 3.05) is 5.75 Å². The molecule has 3 amide bonds. The van der Waals surface area contributed by atoms with Gasteiger partial charge in [0, 0.05) is 30.5 Å². The number of nitrogens with zero attached hydrogens (tertiary/aromatic N) is 2. The van der Waals surface area contributed by atoms with E-state index in [0.717, 1.165) is 11.1 Å². The van der Waals surface area contributed by atoms with E-state index in [1.165, 1.54) is 29.2 Å². The number of nitrogens with one attached hydrogen (secondary N) is 3. The number of rotatable bonds is 13. The average molecular weight is 656 g/mol. The molecule has 1 aliphatic rings. The van der Waals surface area contributed by atoms with Crippen molar-refractivity contribution in [2.24, 2.45) is 0 Å². The molecule has 0 aliphatic carbocycles. The van der Waals surface area contributed by atoms with Crippen LogP contribution in [0.5, 0.6) is 0 Å². The van der Waals surface area contributed by atoms with Gasteiger partial charge in [-0.15, -0.1) is 11.8 Å². The number of aromatic amines is 1. The second-order valence-corrected chi connectivity index (χ2v) is 11.9. The standard InChI is InChI=1S/C34H33N5O7S/c40-29(33(43)44)26(16-22-10-4-1-5-11-22)37-30(41)28-20-47-32(24-14-8-3-9-15-24)39(28)31(42)27(17-25-18-35-21-36-25)38-34(45)46-19-23-12-6-2-7-13-23/h1-15,18,21,26-28,32H,16-17,19-20H2,(H,35,36)(H,37,41)(H,38,45)(H,43,44)/t26-,27-,28-,32?/m0/s1. The lowest BCUT2D eigenvalue weighted by molar-refractivity contribution is -0.151. The minimum absolute atomic E-state index is 0.0183. The summed E-state index contributed by atoms with van der Waals surface area (Å²) in [4.78, 5) is 74.1. The Morgan fingerprint density at radius 3 is 2.13 bits per heavy atom. The minimum atomic E-state index is -1.68. The number of aromatic nitrogens is 2. The van der Waals surface area contributed by atoms with Gasteiger partial charge < -0.3 is 30.4 Å². The molecule has 13 heteroatoms. The monoisotopic (exact) mass is 655 g/mol. The van der Waals surface area contributed by atoms with Gasteiger partial charge in [0.2, 0.25) is 11.8 Å². The molecule has 12 nitrogen and oxygen atoms in total. The van der Waals surface area contributed by atoms with Crippen LogP contribution in [0.4, 0.5) is 4.79 Å². The van der Waals surface area contributed by atoms with E-state index >= 15 is 0 Å². The van der Waals surface area contributed by atoms with Gasteiger partial charge in [0.05, 0.1) is 6.33 Å². The summed E-state index contributed by atoms with van der Waals surface area (Å²) >= 11 is 1.34. The van der Waals surface area contributed by atoms with Gasteiger partial charge in [0.1, 0.15) is 30.1 Å². The summed E-state index contributed by atoms with van der Waals surface area (Å²) in [5.41, 5.74) is 2.72. The van der Waals surface area contributed by atoms with Crippen LogP contribution >= 0.6 is 11.8 Å². The van der Waals surface area contributed by atoms with E-state index in [9.17, 15) is 29.1 Å². The number of carboxylic acid groups (broad SMARTS) is 1. The first-order valence-corrected chi connectivity index (χ1v) is 15.9. The quantitative estimate of drug-likeness (QED) is 0.158. The van der Waals surface area contributed by atoms with Crippen LogP contribution in [-0.4, -0.2) is 73.5 Å². The molecule has 1 saturated heterocycles. The number of aliphatic carboxylic acids is 1. The molecule has 0 bridgehead atoms. The second kappa shape index (κ2) is 15.7. The molecule has 3 aromatic carbocycles. The van der Waals surface area contributed by atoms with Crippen molar-refractivity contribution in [2.45, 2.75) is 42.9 Å². The number of hydrogen-bond acceptors (Lipinski definition) is 8. The molecule has 242 valence electrons. The van der Waals surface area contributed by atoms with E-state index in [4.69, 9.17) is 4.74 Å². The zero-order valence-electron chi connectivity index (χ0n) is 25.2. The van der Waals surface area contributed by atoms with Crippen molar-refractivity contribution in [3.8, 4) is 0 Å². The van der Waals surface area contributed by atoms with E-state index in [1.807, 2.05) is 48.5 Å². The van der Waals surface area contributed by atoms with Gasteiger partial charge in [0.25, 0.3) is 5.78 Å². The van der Waals surface area contributed by atoms with Crippen LogP contribution in [-0.2, 0) is 43.4 Å². The zero-order chi connectivity index (χ0) is 33.2.